The first-order chi connectivity index (χ1) is 8.22. The Balaban J connectivity index is 2.32. The maximum Gasteiger partial charge on any atom is 0.185 e. The van der Waals surface area contributed by atoms with Gasteiger partial charge in [-0.25, -0.2) is 0 Å². The van der Waals surface area contributed by atoms with Gasteiger partial charge in [0.25, 0.3) is 0 Å². The van der Waals surface area contributed by atoms with Crippen LogP contribution in [0.5, 0.6) is 0 Å². The van der Waals surface area contributed by atoms with Crippen LogP contribution in [0.1, 0.15) is 21.8 Å². The highest BCUT2D eigenvalue weighted by Crippen LogP contribution is 2.24. The standard InChI is InChI=1S/C13H8INOS/c14-12-6-10(8-17-12)13(16)11(7-15)9-4-2-1-3-5-9/h1-6,8,11H. The molecule has 0 saturated carbocycles. The minimum atomic E-state index is -0.707. The number of rotatable bonds is 3. The Hall–Kier alpha value is -1.19. The number of benzene rings is 1. The van der Waals surface area contributed by atoms with E-state index < -0.39 is 5.92 Å². The molecular weight excluding hydrogens is 345 g/mol. The fourth-order valence-electron chi connectivity index (χ4n) is 1.54. The summed E-state index contributed by atoms with van der Waals surface area (Å²) in [6.07, 6.45) is 0. The molecular formula is C13H8INOS. The summed E-state index contributed by atoms with van der Waals surface area (Å²) in [4.78, 5) is 12.2. The second-order valence-electron chi connectivity index (χ2n) is 3.48. The van der Waals surface area contributed by atoms with Gasteiger partial charge in [0, 0.05) is 10.9 Å². The molecule has 0 saturated heterocycles. The van der Waals surface area contributed by atoms with Gasteiger partial charge >= 0.3 is 0 Å². The number of hydrogen-bond donors (Lipinski definition) is 0. The third kappa shape index (κ3) is 2.73. The van der Waals surface area contributed by atoms with E-state index in [1.165, 1.54) is 11.3 Å². The van der Waals surface area contributed by atoms with E-state index in [2.05, 4.69) is 28.7 Å². The summed E-state index contributed by atoms with van der Waals surface area (Å²) in [6, 6.07) is 13.1. The number of thiophene rings is 1. The monoisotopic (exact) mass is 353 g/mol. The van der Waals surface area contributed by atoms with Crippen LogP contribution in [0, 0.1) is 14.2 Å². The number of Topliss-reactive ketones (excluding diaryl/α,β-unsaturated/α-hetero) is 1. The third-order valence-corrected chi connectivity index (χ3v) is 4.17. The van der Waals surface area contributed by atoms with Crippen LogP contribution in [0.4, 0.5) is 0 Å². The van der Waals surface area contributed by atoms with Crippen molar-refractivity contribution in [1.29, 1.82) is 5.26 Å². The van der Waals surface area contributed by atoms with Crippen molar-refractivity contribution in [3.05, 3.63) is 55.8 Å². The molecule has 17 heavy (non-hydrogen) atoms. The molecule has 1 atom stereocenters. The molecule has 0 aliphatic rings. The van der Waals surface area contributed by atoms with Gasteiger partial charge in [0.15, 0.2) is 5.78 Å². The lowest BCUT2D eigenvalue weighted by Crippen LogP contribution is -2.10. The van der Waals surface area contributed by atoms with Gasteiger partial charge in [-0.05, 0) is 34.2 Å². The SMILES string of the molecule is N#CC(C(=O)c1csc(I)c1)c1ccccc1. The zero-order valence-corrected chi connectivity index (χ0v) is 11.7. The number of ketones is 1. The highest BCUT2D eigenvalue weighted by Gasteiger charge is 2.22. The van der Waals surface area contributed by atoms with Crippen molar-refractivity contribution in [2.45, 2.75) is 5.92 Å². The van der Waals surface area contributed by atoms with E-state index in [1.807, 2.05) is 36.4 Å². The molecule has 84 valence electrons. The smallest absolute Gasteiger partial charge is 0.185 e. The molecule has 1 aromatic carbocycles. The molecule has 1 unspecified atom stereocenters. The van der Waals surface area contributed by atoms with Gasteiger partial charge in [-0.3, -0.25) is 4.79 Å². The molecule has 2 rings (SSSR count). The maximum atomic E-state index is 12.2. The lowest BCUT2D eigenvalue weighted by Gasteiger charge is -2.06. The van der Waals surface area contributed by atoms with Crippen molar-refractivity contribution >= 4 is 39.7 Å². The summed E-state index contributed by atoms with van der Waals surface area (Å²) in [5.41, 5.74) is 1.37. The van der Waals surface area contributed by atoms with Gasteiger partial charge in [-0.2, -0.15) is 5.26 Å². The second kappa shape index (κ2) is 5.43. The zero-order valence-electron chi connectivity index (χ0n) is 8.76. The number of halogens is 1. The fraction of sp³-hybridized carbons (Fsp3) is 0.0769. The molecule has 1 aromatic heterocycles. The largest absolute Gasteiger partial charge is 0.292 e. The summed E-state index contributed by atoms with van der Waals surface area (Å²) in [7, 11) is 0. The van der Waals surface area contributed by atoms with Crippen molar-refractivity contribution in [3.63, 3.8) is 0 Å². The van der Waals surface area contributed by atoms with Gasteiger partial charge < -0.3 is 0 Å². The Labute approximate surface area is 117 Å². The van der Waals surface area contributed by atoms with E-state index in [9.17, 15) is 4.79 Å². The van der Waals surface area contributed by atoms with Crippen LogP contribution in [0.3, 0.4) is 0 Å². The lowest BCUT2D eigenvalue weighted by molar-refractivity contribution is 0.0979. The highest BCUT2D eigenvalue weighted by molar-refractivity contribution is 14.1. The first-order valence-electron chi connectivity index (χ1n) is 4.95. The molecule has 0 aliphatic heterocycles. The number of nitrogens with zero attached hydrogens (tertiary/aromatic N) is 1. The van der Waals surface area contributed by atoms with Crippen LogP contribution in [0.25, 0.3) is 0 Å². The molecule has 0 radical (unpaired) electrons. The van der Waals surface area contributed by atoms with Crippen molar-refractivity contribution < 1.29 is 4.79 Å². The van der Waals surface area contributed by atoms with Crippen molar-refractivity contribution in [2.24, 2.45) is 0 Å². The number of carbonyl (C=O) groups excluding carboxylic acids is 1. The average Bonchev–Trinajstić information content (AvgIpc) is 2.78. The van der Waals surface area contributed by atoms with E-state index >= 15 is 0 Å². The summed E-state index contributed by atoms with van der Waals surface area (Å²) in [6.45, 7) is 0. The van der Waals surface area contributed by atoms with Crippen molar-refractivity contribution in [1.82, 2.24) is 0 Å². The molecule has 1 heterocycles. The summed E-state index contributed by atoms with van der Waals surface area (Å²) in [5, 5.41) is 11.0. The Bertz CT molecular complexity index is 571. The summed E-state index contributed by atoms with van der Waals surface area (Å²) >= 11 is 3.68. The number of hydrogen-bond acceptors (Lipinski definition) is 3. The minimum Gasteiger partial charge on any atom is -0.292 e. The third-order valence-electron chi connectivity index (χ3n) is 2.38. The van der Waals surface area contributed by atoms with Gasteiger partial charge in [0.05, 0.1) is 8.95 Å². The van der Waals surface area contributed by atoms with Gasteiger partial charge in [0.1, 0.15) is 5.92 Å². The topological polar surface area (TPSA) is 40.9 Å². The molecule has 0 N–H and O–H groups in total. The normalized spacial score (nSPS) is 11.8. The molecule has 0 bridgehead atoms. The van der Waals surface area contributed by atoms with Crippen LogP contribution < -0.4 is 0 Å². The van der Waals surface area contributed by atoms with Gasteiger partial charge in [-0.15, -0.1) is 11.3 Å². The average molecular weight is 353 g/mol. The van der Waals surface area contributed by atoms with Crippen LogP contribution in [-0.2, 0) is 0 Å². The van der Waals surface area contributed by atoms with Gasteiger partial charge in [-0.1, -0.05) is 30.3 Å². The molecule has 2 nitrogen and oxygen atoms in total. The first kappa shape index (κ1) is 12.3. The zero-order chi connectivity index (χ0) is 12.3. The quantitative estimate of drug-likeness (QED) is 0.621. The lowest BCUT2D eigenvalue weighted by atomic mass is 9.93. The molecule has 0 spiro atoms. The minimum absolute atomic E-state index is 0.127. The van der Waals surface area contributed by atoms with E-state index in [0.717, 1.165) is 8.45 Å². The number of carbonyl (C=O) groups is 1. The molecule has 4 heteroatoms. The Morgan fingerprint density at radius 2 is 2.06 bits per heavy atom. The molecule has 0 fully saturated rings. The van der Waals surface area contributed by atoms with Crippen molar-refractivity contribution in [3.8, 4) is 6.07 Å². The summed E-state index contributed by atoms with van der Waals surface area (Å²) < 4.78 is 1.05. The van der Waals surface area contributed by atoms with Crippen molar-refractivity contribution in [2.75, 3.05) is 0 Å². The van der Waals surface area contributed by atoms with Gasteiger partial charge in [0.2, 0.25) is 0 Å². The van der Waals surface area contributed by atoms with Crippen LogP contribution >= 0.6 is 33.9 Å². The van der Waals surface area contributed by atoms with E-state index in [0.29, 0.717) is 5.56 Å². The van der Waals surface area contributed by atoms with E-state index in [1.54, 1.807) is 5.38 Å². The Morgan fingerprint density at radius 3 is 2.59 bits per heavy atom. The fourth-order valence-corrected chi connectivity index (χ4v) is 2.87. The predicted molar refractivity (Wildman–Crippen MR) is 76.2 cm³/mol. The van der Waals surface area contributed by atoms with E-state index in [4.69, 9.17) is 5.26 Å². The van der Waals surface area contributed by atoms with Crippen LogP contribution in [0.2, 0.25) is 0 Å². The molecule has 2 aromatic rings. The predicted octanol–water partition coefficient (Wildman–Crippen LogP) is 3.84. The van der Waals surface area contributed by atoms with Crippen LogP contribution in [0.15, 0.2) is 41.8 Å². The maximum absolute atomic E-state index is 12.2. The first-order valence-corrected chi connectivity index (χ1v) is 6.91. The number of nitriles is 1. The Morgan fingerprint density at radius 1 is 1.35 bits per heavy atom. The van der Waals surface area contributed by atoms with E-state index in [-0.39, 0.29) is 5.78 Å². The molecule has 0 amide bonds. The summed E-state index contributed by atoms with van der Waals surface area (Å²) in [5.74, 6) is -0.834. The highest BCUT2D eigenvalue weighted by atomic mass is 127. The Kier molecular flexibility index (Phi) is 3.92. The van der Waals surface area contributed by atoms with Crippen LogP contribution in [-0.4, -0.2) is 5.78 Å². The second-order valence-corrected chi connectivity index (χ2v) is 6.28. The molecule has 0 aliphatic carbocycles.